The Kier molecular flexibility index (Phi) is 2.88. The highest BCUT2D eigenvalue weighted by molar-refractivity contribution is 6.08. The number of carbonyl (C=O) groups excluding carboxylic acids is 1. The van der Waals surface area contributed by atoms with Crippen LogP contribution >= 0.6 is 0 Å². The molecule has 0 aliphatic rings. The summed E-state index contributed by atoms with van der Waals surface area (Å²) in [4.78, 5) is 12.4. The molecule has 0 saturated heterocycles. The van der Waals surface area contributed by atoms with Crippen molar-refractivity contribution in [1.82, 2.24) is 9.78 Å². The predicted molar refractivity (Wildman–Crippen MR) is 75.2 cm³/mol. The zero-order chi connectivity index (χ0) is 13.2. The summed E-state index contributed by atoms with van der Waals surface area (Å²) in [5.41, 5.74) is 1.57. The Labute approximate surface area is 111 Å². The molecule has 0 fully saturated rings. The van der Waals surface area contributed by atoms with E-state index in [2.05, 4.69) is 5.10 Å². The lowest BCUT2D eigenvalue weighted by atomic mass is 9.99. The number of ketones is 1. The van der Waals surface area contributed by atoms with Gasteiger partial charge in [-0.25, -0.2) is 0 Å². The number of hydrogen-bond acceptors (Lipinski definition) is 2. The SMILES string of the molecule is Cn1ccc(CC(=O)c2cccc3ccccc23)n1. The smallest absolute Gasteiger partial charge is 0.169 e. The van der Waals surface area contributed by atoms with Gasteiger partial charge in [0.05, 0.1) is 12.1 Å². The molecule has 1 heterocycles. The quantitative estimate of drug-likeness (QED) is 0.670. The number of Topliss-reactive ketones (excluding diaryl/α,β-unsaturated/α-hetero) is 1. The van der Waals surface area contributed by atoms with Gasteiger partial charge in [-0.05, 0) is 16.8 Å². The largest absolute Gasteiger partial charge is 0.294 e. The van der Waals surface area contributed by atoms with E-state index in [1.54, 1.807) is 4.68 Å². The van der Waals surface area contributed by atoms with Gasteiger partial charge < -0.3 is 0 Å². The second-order valence-electron chi connectivity index (χ2n) is 4.61. The van der Waals surface area contributed by atoms with Crippen LogP contribution in [0.25, 0.3) is 10.8 Å². The van der Waals surface area contributed by atoms with Crippen LogP contribution in [0, 0.1) is 0 Å². The molecular weight excluding hydrogens is 236 g/mol. The molecule has 1 aromatic heterocycles. The molecule has 3 heteroatoms. The summed E-state index contributed by atoms with van der Waals surface area (Å²) in [6, 6.07) is 15.7. The summed E-state index contributed by atoms with van der Waals surface area (Å²) < 4.78 is 1.71. The van der Waals surface area contributed by atoms with E-state index < -0.39 is 0 Å². The molecule has 0 saturated carbocycles. The Morgan fingerprint density at radius 3 is 2.68 bits per heavy atom. The molecule has 2 aromatic carbocycles. The van der Waals surface area contributed by atoms with Crippen molar-refractivity contribution in [3.63, 3.8) is 0 Å². The van der Waals surface area contributed by atoms with Gasteiger partial charge in [0.2, 0.25) is 0 Å². The van der Waals surface area contributed by atoms with Crippen molar-refractivity contribution in [3.8, 4) is 0 Å². The lowest BCUT2D eigenvalue weighted by Gasteiger charge is -2.04. The lowest BCUT2D eigenvalue weighted by Crippen LogP contribution is -2.05. The maximum atomic E-state index is 12.4. The van der Waals surface area contributed by atoms with Gasteiger partial charge in [0.1, 0.15) is 0 Å². The molecule has 0 amide bonds. The normalized spacial score (nSPS) is 10.8. The van der Waals surface area contributed by atoms with Crippen LogP contribution in [-0.2, 0) is 13.5 Å². The fourth-order valence-corrected chi connectivity index (χ4v) is 2.29. The Hall–Kier alpha value is -2.42. The highest BCUT2D eigenvalue weighted by Gasteiger charge is 2.11. The fraction of sp³-hybridized carbons (Fsp3) is 0.125. The predicted octanol–water partition coefficient (Wildman–Crippen LogP) is 3.00. The first-order valence-electron chi connectivity index (χ1n) is 6.23. The van der Waals surface area contributed by atoms with Crippen LogP contribution in [-0.4, -0.2) is 15.6 Å². The minimum atomic E-state index is 0.107. The van der Waals surface area contributed by atoms with Crippen LogP contribution in [0.15, 0.2) is 54.7 Å². The van der Waals surface area contributed by atoms with Crippen molar-refractivity contribution in [3.05, 3.63) is 66.0 Å². The molecule has 3 aromatic rings. The Morgan fingerprint density at radius 1 is 1.11 bits per heavy atom. The van der Waals surface area contributed by atoms with Gasteiger partial charge in [0.15, 0.2) is 5.78 Å². The highest BCUT2D eigenvalue weighted by Crippen LogP contribution is 2.19. The van der Waals surface area contributed by atoms with Crippen molar-refractivity contribution in [2.75, 3.05) is 0 Å². The number of hydrogen-bond donors (Lipinski definition) is 0. The van der Waals surface area contributed by atoms with Crippen molar-refractivity contribution in [1.29, 1.82) is 0 Å². The molecule has 0 aliphatic carbocycles. The van der Waals surface area contributed by atoms with Gasteiger partial charge in [-0.1, -0.05) is 42.5 Å². The minimum Gasteiger partial charge on any atom is -0.294 e. The minimum absolute atomic E-state index is 0.107. The molecule has 0 spiro atoms. The van der Waals surface area contributed by atoms with E-state index in [0.29, 0.717) is 6.42 Å². The van der Waals surface area contributed by atoms with Gasteiger partial charge in [0.25, 0.3) is 0 Å². The topological polar surface area (TPSA) is 34.9 Å². The Morgan fingerprint density at radius 2 is 1.89 bits per heavy atom. The highest BCUT2D eigenvalue weighted by atomic mass is 16.1. The van der Waals surface area contributed by atoms with Crippen molar-refractivity contribution >= 4 is 16.6 Å². The molecular formula is C16H14N2O. The molecule has 0 radical (unpaired) electrons. The second-order valence-corrected chi connectivity index (χ2v) is 4.61. The number of nitrogens with zero attached hydrogens (tertiary/aromatic N) is 2. The van der Waals surface area contributed by atoms with E-state index in [1.165, 1.54) is 0 Å². The summed E-state index contributed by atoms with van der Waals surface area (Å²) in [5.74, 6) is 0.107. The van der Waals surface area contributed by atoms with Crippen LogP contribution in [0.2, 0.25) is 0 Å². The van der Waals surface area contributed by atoms with Crippen molar-refractivity contribution in [2.45, 2.75) is 6.42 Å². The average molecular weight is 250 g/mol. The van der Waals surface area contributed by atoms with Crippen LogP contribution in [0.1, 0.15) is 16.1 Å². The zero-order valence-corrected chi connectivity index (χ0v) is 10.7. The second kappa shape index (κ2) is 4.69. The van der Waals surface area contributed by atoms with Gasteiger partial charge in [-0.15, -0.1) is 0 Å². The van der Waals surface area contributed by atoms with E-state index in [4.69, 9.17) is 0 Å². The maximum Gasteiger partial charge on any atom is 0.169 e. The monoisotopic (exact) mass is 250 g/mol. The van der Waals surface area contributed by atoms with Crippen LogP contribution in [0.5, 0.6) is 0 Å². The molecule has 0 unspecified atom stereocenters. The first-order valence-corrected chi connectivity index (χ1v) is 6.23. The van der Waals surface area contributed by atoms with Crippen molar-refractivity contribution < 1.29 is 4.79 Å². The number of fused-ring (bicyclic) bond motifs is 1. The van der Waals surface area contributed by atoms with Crippen LogP contribution < -0.4 is 0 Å². The third-order valence-corrected chi connectivity index (χ3v) is 3.20. The van der Waals surface area contributed by atoms with E-state index in [0.717, 1.165) is 22.0 Å². The molecule has 3 rings (SSSR count). The number of aromatic nitrogens is 2. The molecule has 0 aliphatic heterocycles. The van der Waals surface area contributed by atoms with Gasteiger partial charge in [-0.2, -0.15) is 5.10 Å². The standard InChI is InChI=1S/C16H14N2O/c1-18-10-9-13(17-18)11-16(19)15-8-4-6-12-5-2-3-7-14(12)15/h2-10H,11H2,1H3. The number of benzene rings is 2. The summed E-state index contributed by atoms with van der Waals surface area (Å²) in [6.07, 6.45) is 2.20. The number of carbonyl (C=O) groups is 1. The molecule has 0 atom stereocenters. The van der Waals surface area contributed by atoms with E-state index in [9.17, 15) is 4.79 Å². The Balaban J connectivity index is 1.97. The molecule has 0 bridgehead atoms. The number of rotatable bonds is 3. The average Bonchev–Trinajstić information content (AvgIpc) is 2.83. The van der Waals surface area contributed by atoms with Crippen LogP contribution in [0.4, 0.5) is 0 Å². The third-order valence-electron chi connectivity index (χ3n) is 3.20. The summed E-state index contributed by atoms with van der Waals surface area (Å²) in [7, 11) is 1.85. The van der Waals surface area contributed by atoms with Gasteiger partial charge in [-0.3, -0.25) is 9.48 Å². The first kappa shape index (κ1) is 11.7. The van der Waals surface area contributed by atoms with Crippen molar-refractivity contribution in [2.24, 2.45) is 7.05 Å². The molecule has 0 N–H and O–H groups in total. The van der Waals surface area contributed by atoms with E-state index in [-0.39, 0.29) is 5.78 Å². The first-order chi connectivity index (χ1) is 9.24. The molecule has 3 nitrogen and oxygen atoms in total. The maximum absolute atomic E-state index is 12.4. The summed E-state index contributed by atoms with van der Waals surface area (Å²) in [6.45, 7) is 0. The Bertz CT molecular complexity index is 738. The van der Waals surface area contributed by atoms with Gasteiger partial charge in [0, 0.05) is 18.8 Å². The van der Waals surface area contributed by atoms with Crippen LogP contribution in [0.3, 0.4) is 0 Å². The van der Waals surface area contributed by atoms with E-state index >= 15 is 0 Å². The summed E-state index contributed by atoms with van der Waals surface area (Å²) in [5, 5.41) is 6.35. The fourth-order valence-electron chi connectivity index (χ4n) is 2.29. The van der Waals surface area contributed by atoms with E-state index in [1.807, 2.05) is 61.8 Å². The molecule has 19 heavy (non-hydrogen) atoms. The summed E-state index contributed by atoms with van der Waals surface area (Å²) >= 11 is 0. The molecule has 94 valence electrons. The zero-order valence-electron chi connectivity index (χ0n) is 10.7. The van der Waals surface area contributed by atoms with Gasteiger partial charge >= 0.3 is 0 Å². The number of aryl methyl sites for hydroxylation is 1. The third kappa shape index (κ3) is 2.27. The lowest BCUT2D eigenvalue weighted by molar-refractivity contribution is 0.0993.